The summed E-state index contributed by atoms with van der Waals surface area (Å²) in [5.41, 5.74) is -0.0846. The summed E-state index contributed by atoms with van der Waals surface area (Å²) in [5, 5.41) is 9.00. The van der Waals surface area contributed by atoms with E-state index in [0.29, 0.717) is 13.2 Å². The molecule has 110 valence electrons. The molecule has 1 aromatic heterocycles. The molecule has 0 aromatic carbocycles. The average Bonchev–Trinajstić information content (AvgIpc) is 2.42. The second kappa shape index (κ2) is 7.33. The Bertz CT molecular complexity index is 579. The first kappa shape index (κ1) is 16.6. The van der Waals surface area contributed by atoms with Crippen LogP contribution in [0.2, 0.25) is 0 Å². The molecule has 7 heteroatoms. The van der Waals surface area contributed by atoms with Gasteiger partial charge >= 0.3 is 0 Å². The lowest BCUT2D eigenvalue weighted by atomic mass is 10.2. The maximum atomic E-state index is 12.6. The topological polar surface area (TPSA) is 83.3 Å². The zero-order valence-electron chi connectivity index (χ0n) is 11.9. The molecule has 0 spiro atoms. The second-order valence-corrected chi connectivity index (χ2v) is 6.62. The molecular formula is C13H19N3O3S. The van der Waals surface area contributed by atoms with E-state index in [4.69, 9.17) is 10.00 Å². The third-order valence-corrected chi connectivity index (χ3v) is 4.50. The number of nitriles is 1. The van der Waals surface area contributed by atoms with E-state index in [1.807, 2.05) is 19.9 Å². The summed E-state index contributed by atoms with van der Waals surface area (Å²) in [4.78, 5) is 3.75. The fraction of sp³-hybridized carbons (Fsp3) is 0.538. The highest BCUT2D eigenvalue weighted by molar-refractivity contribution is 7.89. The molecule has 0 aliphatic carbocycles. The summed E-state index contributed by atoms with van der Waals surface area (Å²) < 4.78 is 31.6. The van der Waals surface area contributed by atoms with Crippen LogP contribution in [-0.4, -0.2) is 44.5 Å². The largest absolute Gasteiger partial charge is 0.383 e. The summed E-state index contributed by atoms with van der Waals surface area (Å²) in [6.45, 7) is 4.78. The van der Waals surface area contributed by atoms with Crippen LogP contribution in [0.3, 0.4) is 0 Å². The van der Waals surface area contributed by atoms with Crippen LogP contribution in [0.25, 0.3) is 0 Å². The van der Waals surface area contributed by atoms with Crippen LogP contribution in [0.1, 0.15) is 19.5 Å². The summed E-state index contributed by atoms with van der Waals surface area (Å²) in [6, 6.07) is 4.73. The van der Waals surface area contributed by atoms with Gasteiger partial charge in [-0.1, -0.05) is 13.8 Å². The zero-order chi connectivity index (χ0) is 15.2. The molecular weight excluding hydrogens is 278 g/mol. The number of hydrogen-bond donors (Lipinski definition) is 0. The smallest absolute Gasteiger partial charge is 0.246 e. The van der Waals surface area contributed by atoms with Gasteiger partial charge in [0.05, 0.1) is 6.61 Å². The van der Waals surface area contributed by atoms with Gasteiger partial charge in [0.1, 0.15) is 11.0 Å². The lowest BCUT2D eigenvalue weighted by Crippen LogP contribution is -2.37. The van der Waals surface area contributed by atoms with Crippen LogP contribution < -0.4 is 0 Å². The van der Waals surface area contributed by atoms with E-state index >= 15 is 0 Å². The molecule has 6 nitrogen and oxygen atoms in total. The van der Waals surface area contributed by atoms with E-state index < -0.39 is 10.0 Å². The molecule has 0 aliphatic heterocycles. The molecule has 1 aromatic rings. The van der Waals surface area contributed by atoms with E-state index in [0.717, 1.165) is 0 Å². The molecule has 0 aliphatic rings. The van der Waals surface area contributed by atoms with Crippen molar-refractivity contribution in [2.45, 2.75) is 18.7 Å². The molecule has 0 atom stereocenters. The first-order valence-electron chi connectivity index (χ1n) is 6.27. The monoisotopic (exact) mass is 297 g/mol. The number of ether oxygens (including phenoxy) is 1. The van der Waals surface area contributed by atoms with Crippen molar-refractivity contribution in [3.63, 3.8) is 0 Å². The number of rotatable bonds is 7. The lowest BCUT2D eigenvalue weighted by molar-refractivity contribution is 0.175. The van der Waals surface area contributed by atoms with Crippen molar-refractivity contribution in [3.05, 3.63) is 24.0 Å². The Morgan fingerprint density at radius 2 is 2.20 bits per heavy atom. The molecule has 0 saturated heterocycles. The van der Waals surface area contributed by atoms with Crippen molar-refractivity contribution < 1.29 is 13.2 Å². The van der Waals surface area contributed by atoms with Gasteiger partial charge in [0.15, 0.2) is 5.69 Å². The van der Waals surface area contributed by atoms with Crippen LogP contribution in [0, 0.1) is 17.2 Å². The molecule has 0 fully saturated rings. The highest BCUT2D eigenvalue weighted by Gasteiger charge is 2.27. The molecule has 0 bridgehead atoms. The summed E-state index contributed by atoms with van der Waals surface area (Å²) in [6.07, 6.45) is 1.40. The fourth-order valence-electron chi connectivity index (χ4n) is 1.73. The standard InChI is InChI=1S/C13H19N3O3S/c1-11(2)10-16(7-8-19-3)20(17,18)13-5-4-6-15-12(13)9-14/h4-6,11H,7-8,10H2,1-3H3. The van der Waals surface area contributed by atoms with Crippen LogP contribution in [0.15, 0.2) is 23.2 Å². The minimum absolute atomic E-state index is 0.0562. The molecule has 0 N–H and O–H groups in total. The SMILES string of the molecule is COCCN(CC(C)C)S(=O)(=O)c1cccnc1C#N. The summed E-state index contributed by atoms with van der Waals surface area (Å²) in [5.74, 6) is 0.170. The van der Waals surface area contributed by atoms with Gasteiger partial charge in [0, 0.05) is 26.4 Å². The number of nitrogens with zero attached hydrogens (tertiary/aromatic N) is 3. The molecule has 1 rings (SSSR count). The third kappa shape index (κ3) is 4.00. The average molecular weight is 297 g/mol. The fourth-order valence-corrected chi connectivity index (χ4v) is 3.41. The number of sulfonamides is 1. The lowest BCUT2D eigenvalue weighted by Gasteiger charge is -2.23. The van der Waals surface area contributed by atoms with Gasteiger partial charge < -0.3 is 4.74 Å². The maximum absolute atomic E-state index is 12.6. The van der Waals surface area contributed by atoms with Gasteiger partial charge in [-0.05, 0) is 18.1 Å². The normalized spacial score (nSPS) is 11.8. The predicted molar refractivity (Wildman–Crippen MR) is 74.4 cm³/mol. The van der Waals surface area contributed by atoms with Crippen molar-refractivity contribution in [1.29, 1.82) is 5.26 Å². The van der Waals surface area contributed by atoms with Gasteiger partial charge in [0.25, 0.3) is 0 Å². The van der Waals surface area contributed by atoms with Crippen molar-refractivity contribution >= 4 is 10.0 Å². The summed E-state index contributed by atoms with van der Waals surface area (Å²) >= 11 is 0. The van der Waals surface area contributed by atoms with Gasteiger partial charge in [-0.2, -0.15) is 9.57 Å². The number of pyridine rings is 1. The minimum atomic E-state index is -3.74. The van der Waals surface area contributed by atoms with Crippen LogP contribution in [0.5, 0.6) is 0 Å². The van der Waals surface area contributed by atoms with E-state index in [-0.39, 0.29) is 23.1 Å². The molecule has 0 amide bonds. The predicted octanol–water partition coefficient (Wildman–Crippen LogP) is 1.25. The molecule has 0 unspecified atom stereocenters. The number of methoxy groups -OCH3 is 1. The minimum Gasteiger partial charge on any atom is -0.383 e. The van der Waals surface area contributed by atoms with Crippen molar-refractivity contribution in [2.24, 2.45) is 5.92 Å². The highest BCUT2D eigenvalue weighted by Crippen LogP contribution is 2.19. The summed E-state index contributed by atoms with van der Waals surface area (Å²) in [7, 11) is -2.22. The van der Waals surface area contributed by atoms with E-state index in [1.165, 1.54) is 29.7 Å². The van der Waals surface area contributed by atoms with Gasteiger partial charge in [-0.15, -0.1) is 0 Å². The van der Waals surface area contributed by atoms with Crippen LogP contribution >= 0.6 is 0 Å². The van der Waals surface area contributed by atoms with E-state index in [1.54, 1.807) is 0 Å². The zero-order valence-corrected chi connectivity index (χ0v) is 12.7. The Labute approximate surface area is 120 Å². The van der Waals surface area contributed by atoms with Crippen LogP contribution in [-0.2, 0) is 14.8 Å². The number of hydrogen-bond acceptors (Lipinski definition) is 5. The Hall–Kier alpha value is -1.49. The molecule has 1 heterocycles. The van der Waals surface area contributed by atoms with E-state index in [2.05, 4.69) is 4.98 Å². The second-order valence-electron chi connectivity index (χ2n) is 4.71. The van der Waals surface area contributed by atoms with Gasteiger partial charge in [0.2, 0.25) is 10.0 Å². The van der Waals surface area contributed by atoms with Crippen molar-refractivity contribution in [2.75, 3.05) is 26.8 Å². The van der Waals surface area contributed by atoms with Crippen molar-refractivity contribution in [1.82, 2.24) is 9.29 Å². The third-order valence-electron chi connectivity index (χ3n) is 2.61. The Balaban J connectivity index is 3.18. The molecule has 0 radical (unpaired) electrons. The van der Waals surface area contributed by atoms with Gasteiger partial charge in [-0.3, -0.25) is 0 Å². The maximum Gasteiger partial charge on any atom is 0.246 e. The first-order valence-corrected chi connectivity index (χ1v) is 7.71. The van der Waals surface area contributed by atoms with Gasteiger partial charge in [-0.25, -0.2) is 13.4 Å². The van der Waals surface area contributed by atoms with Crippen LogP contribution in [0.4, 0.5) is 0 Å². The molecule has 0 saturated carbocycles. The first-order chi connectivity index (χ1) is 9.43. The highest BCUT2D eigenvalue weighted by atomic mass is 32.2. The molecule has 20 heavy (non-hydrogen) atoms. The Morgan fingerprint density at radius 1 is 1.50 bits per heavy atom. The Morgan fingerprint density at radius 3 is 2.75 bits per heavy atom. The number of aromatic nitrogens is 1. The quantitative estimate of drug-likeness (QED) is 0.756. The van der Waals surface area contributed by atoms with Crippen molar-refractivity contribution in [3.8, 4) is 6.07 Å². The Kier molecular flexibility index (Phi) is 6.07. The van der Waals surface area contributed by atoms with E-state index in [9.17, 15) is 8.42 Å².